The van der Waals surface area contributed by atoms with E-state index in [0.717, 1.165) is 0 Å². The topological polar surface area (TPSA) is 87.6 Å². The van der Waals surface area contributed by atoms with E-state index in [2.05, 4.69) is 16.9 Å². The molecule has 0 saturated carbocycles. The van der Waals surface area contributed by atoms with Gasteiger partial charge in [0.15, 0.2) is 0 Å². The molecule has 0 aromatic heterocycles. The van der Waals surface area contributed by atoms with E-state index >= 15 is 0 Å². The first-order valence-electron chi connectivity index (χ1n) is 4.83. The second kappa shape index (κ2) is 8.46. The first-order valence-corrected chi connectivity index (χ1v) is 5.36. The fourth-order valence-electron chi connectivity index (χ4n) is 0.734. The van der Waals surface area contributed by atoms with Crippen LogP contribution in [0.4, 0.5) is 4.79 Å². The molecule has 0 heterocycles. The highest BCUT2D eigenvalue weighted by Gasteiger charge is 2.03. The van der Waals surface area contributed by atoms with Crippen LogP contribution in [0.15, 0.2) is 17.1 Å². The van der Waals surface area contributed by atoms with E-state index in [1.807, 2.05) is 5.32 Å². The number of carbonyl (C=O) groups excluding carboxylic acids is 3. The predicted octanol–water partition coefficient (Wildman–Crippen LogP) is 0.615. The molecule has 7 heteroatoms. The minimum absolute atomic E-state index is 0.250. The maximum atomic E-state index is 11.0. The van der Waals surface area contributed by atoms with Gasteiger partial charge in [0.1, 0.15) is 5.88 Å². The molecule has 2 N–H and O–H groups in total. The van der Waals surface area contributed by atoms with Crippen LogP contribution in [-0.4, -0.2) is 36.5 Å². The van der Waals surface area contributed by atoms with Crippen LogP contribution in [-0.2, 0) is 9.59 Å². The molecule has 6 nitrogen and oxygen atoms in total. The summed E-state index contributed by atoms with van der Waals surface area (Å²) in [5.74, 6) is -1.15. The third kappa shape index (κ3) is 8.15. The summed E-state index contributed by atoms with van der Waals surface area (Å²) in [6.45, 7) is 5.40. The van der Waals surface area contributed by atoms with Gasteiger partial charge in [0.2, 0.25) is 11.8 Å². The molecule has 94 valence electrons. The first kappa shape index (κ1) is 15.3. The molecule has 0 fully saturated rings. The lowest BCUT2D eigenvalue weighted by Crippen LogP contribution is -2.29. The molecule has 4 amide bonds. The van der Waals surface area contributed by atoms with Crippen LogP contribution in [0.3, 0.4) is 0 Å². The fourth-order valence-corrected chi connectivity index (χ4v) is 0.800. The molecule has 0 spiro atoms. The zero-order valence-electron chi connectivity index (χ0n) is 9.46. The number of hydrogen-bond acceptors (Lipinski definition) is 3. The maximum absolute atomic E-state index is 11.0. The Morgan fingerprint density at radius 2 is 2.06 bits per heavy atom. The number of aliphatic imine (C=N–C) groups is 1. The molecule has 0 radical (unpaired) electrons. The van der Waals surface area contributed by atoms with Gasteiger partial charge in [-0.05, 0) is 6.92 Å². The zero-order valence-corrected chi connectivity index (χ0v) is 10.2. The molecule has 0 aliphatic rings. The number of rotatable bonds is 5. The molecule has 0 aromatic carbocycles. The molecule has 0 aliphatic carbocycles. The predicted molar refractivity (Wildman–Crippen MR) is 65.2 cm³/mol. The van der Waals surface area contributed by atoms with Crippen LogP contribution in [0.25, 0.3) is 0 Å². The molecule has 0 atom stereocenters. The lowest BCUT2D eigenvalue weighted by molar-refractivity contribution is -0.118. The third-order valence-corrected chi connectivity index (χ3v) is 1.77. The largest absolute Gasteiger partial charge is 0.352 e. The van der Waals surface area contributed by atoms with Crippen molar-refractivity contribution in [3.8, 4) is 0 Å². The van der Waals surface area contributed by atoms with Crippen molar-refractivity contribution in [2.45, 2.75) is 13.3 Å². The highest BCUT2D eigenvalue weighted by Crippen LogP contribution is 1.85. The number of alkyl halides is 1. The summed E-state index contributed by atoms with van der Waals surface area (Å²) in [5, 5.41) is 4.50. The minimum Gasteiger partial charge on any atom is -0.352 e. The van der Waals surface area contributed by atoms with Crippen molar-refractivity contribution in [1.29, 1.82) is 0 Å². The average Bonchev–Trinajstić information content (AvgIpc) is 2.27. The van der Waals surface area contributed by atoms with Crippen LogP contribution >= 0.6 is 11.6 Å². The highest BCUT2D eigenvalue weighted by molar-refractivity contribution is 6.28. The maximum Gasteiger partial charge on any atom is 0.347 e. The van der Waals surface area contributed by atoms with E-state index in [4.69, 9.17) is 11.6 Å². The normalized spacial score (nSPS) is 10.0. The Bertz CT molecular complexity index is 353. The Labute approximate surface area is 104 Å². The lowest BCUT2D eigenvalue weighted by atomic mass is 10.3. The summed E-state index contributed by atoms with van der Waals surface area (Å²) in [7, 11) is 0. The summed E-state index contributed by atoms with van der Waals surface area (Å²) in [6.07, 6.45) is 1.68. The molecular weight excluding hydrogens is 246 g/mol. The van der Waals surface area contributed by atoms with E-state index in [9.17, 15) is 14.4 Å². The van der Waals surface area contributed by atoms with Gasteiger partial charge in [-0.3, -0.25) is 14.9 Å². The van der Waals surface area contributed by atoms with Crippen molar-refractivity contribution in [2.75, 3.05) is 12.4 Å². The monoisotopic (exact) mass is 259 g/mol. The number of nitrogens with zero attached hydrogens (tertiary/aromatic N) is 1. The number of amides is 4. The lowest BCUT2D eigenvalue weighted by Gasteiger charge is -2.00. The van der Waals surface area contributed by atoms with E-state index < -0.39 is 11.9 Å². The van der Waals surface area contributed by atoms with E-state index in [0.29, 0.717) is 18.5 Å². The highest BCUT2D eigenvalue weighted by atomic mass is 35.5. The van der Waals surface area contributed by atoms with Crippen LogP contribution < -0.4 is 10.6 Å². The van der Waals surface area contributed by atoms with Gasteiger partial charge in [0.25, 0.3) is 0 Å². The van der Waals surface area contributed by atoms with Crippen molar-refractivity contribution in [2.24, 2.45) is 4.99 Å². The molecule has 0 aliphatic heterocycles. The second-order valence-corrected chi connectivity index (χ2v) is 3.39. The van der Waals surface area contributed by atoms with Crippen LogP contribution in [0, 0.1) is 0 Å². The number of halogens is 1. The molecular formula is C10H14ClN3O3. The van der Waals surface area contributed by atoms with Gasteiger partial charge in [-0.1, -0.05) is 6.58 Å². The smallest absolute Gasteiger partial charge is 0.347 e. The van der Waals surface area contributed by atoms with Gasteiger partial charge < -0.3 is 5.32 Å². The van der Waals surface area contributed by atoms with Gasteiger partial charge in [0, 0.05) is 24.8 Å². The van der Waals surface area contributed by atoms with Gasteiger partial charge in [-0.25, -0.2) is 9.79 Å². The SMILES string of the molecule is C=C(C)C(=O)NCCC=NC(=O)NC(=O)CCl. The molecule has 0 unspecified atom stereocenters. The van der Waals surface area contributed by atoms with Crippen molar-refractivity contribution >= 4 is 35.7 Å². The number of carbonyl (C=O) groups is 3. The summed E-state index contributed by atoms with van der Waals surface area (Å²) < 4.78 is 0. The third-order valence-electron chi connectivity index (χ3n) is 1.52. The van der Waals surface area contributed by atoms with Crippen LogP contribution in [0.2, 0.25) is 0 Å². The Morgan fingerprint density at radius 3 is 2.59 bits per heavy atom. The van der Waals surface area contributed by atoms with Crippen LogP contribution in [0.5, 0.6) is 0 Å². The van der Waals surface area contributed by atoms with Crippen molar-refractivity contribution in [3.63, 3.8) is 0 Å². The molecule has 0 bridgehead atoms. The number of imide groups is 1. The van der Waals surface area contributed by atoms with Gasteiger partial charge >= 0.3 is 6.03 Å². The first-order chi connectivity index (χ1) is 7.97. The Hall–Kier alpha value is -1.69. The number of nitrogens with one attached hydrogen (secondary N) is 2. The van der Waals surface area contributed by atoms with E-state index in [1.165, 1.54) is 6.21 Å². The molecule has 17 heavy (non-hydrogen) atoms. The quantitative estimate of drug-likeness (QED) is 0.328. The molecule has 0 saturated heterocycles. The number of hydrogen-bond donors (Lipinski definition) is 2. The second-order valence-electron chi connectivity index (χ2n) is 3.12. The fraction of sp³-hybridized carbons (Fsp3) is 0.400. The van der Waals surface area contributed by atoms with Gasteiger partial charge in [-0.2, -0.15) is 0 Å². The summed E-state index contributed by atoms with van der Waals surface area (Å²) in [6, 6.07) is -0.776. The Balaban J connectivity index is 3.74. The Morgan fingerprint density at radius 1 is 1.41 bits per heavy atom. The summed E-state index contributed by atoms with van der Waals surface area (Å²) in [4.78, 5) is 36.1. The Kier molecular flexibility index (Phi) is 7.62. The molecule has 0 rings (SSSR count). The van der Waals surface area contributed by atoms with Gasteiger partial charge in [-0.15, -0.1) is 11.6 Å². The standard InChI is InChI=1S/C10H14ClN3O3/c1-7(2)9(16)12-4-3-5-13-10(17)14-8(15)6-11/h5H,1,3-4,6H2,2H3,(H,12,16)(H,14,15,17). The zero-order chi connectivity index (χ0) is 13.3. The average molecular weight is 260 g/mol. The van der Waals surface area contributed by atoms with Gasteiger partial charge in [0.05, 0.1) is 0 Å². The van der Waals surface area contributed by atoms with Crippen molar-refractivity contribution < 1.29 is 14.4 Å². The summed E-state index contributed by atoms with van der Waals surface area (Å²) in [5.41, 5.74) is 0.410. The van der Waals surface area contributed by atoms with Crippen molar-refractivity contribution in [3.05, 3.63) is 12.2 Å². The molecule has 0 aromatic rings. The van der Waals surface area contributed by atoms with Crippen LogP contribution in [0.1, 0.15) is 13.3 Å². The minimum atomic E-state index is -0.776. The van der Waals surface area contributed by atoms with E-state index in [1.54, 1.807) is 6.92 Å². The summed E-state index contributed by atoms with van der Waals surface area (Å²) >= 11 is 5.17. The van der Waals surface area contributed by atoms with E-state index in [-0.39, 0.29) is 11.8 Å². The number of urea groups is 1. The van der Waals surface area contributed by atoms with Crippen molar-refractivity contribution in [1.82, 2.24) is 10.6 Å².